The molecule has 0 saturated heterocycles. The van der Waals surface area contributed by atoms with Crippen LogP contribution >= 0.6 is 0 Å². The highest BCUT2D eigenvalue weighted by Gasteiger charge is 2.17. The topological polar surface area (TPSA) is 128 Å². The van der Waals surface area contributed by atoms with Crippen molar-refractivity contribution in [3.05, 3.63) is 110 Å². The molecule has 3 rings (SSSR count). The lowest BCUT2D eigenvalue weighted by atomic mass is 10.1. The van der Waals surface area contributed by atoms with E-state index in [2.05, 4.69) is 26.3 Å². The molecule has 0 unspecified atom stereocenters. The third-order valence-electron chi connectivity index (χ3n) is 5.40. The van der Waals surface area contributed by atoms with Gasteiger partial charge in [-0.05, 0) is 64.1 Å². The molecule has 0 radical (unpaired) electrons. The van der Waals surface area contributed by atoms with Crippen LogP contribution < -0.4 is 18.9 Å². The van der Waals surface area contributed by atoms with E-state index < -0.39 is 23.9 Å². The summed E-state index contributed by atoms with van der Waals surface area (Å²) in [5.74, 6) is -1.46. The smallest absolute Gasteiger partial charge is 0.338 e. The molecule has 0 aliphatic heterocycles. The fraction of sp³-hybridized carbons (Fsp3) is 0.118. The van der Waals surface area contributed by atoms with Crippen LogP contribution in [-0.2, 0) is 23.9 Å². The second-order valence-corrected chi connectivity index (χ2v) is 9.64. The first-order valence-electron chi connectivity index (χ1n) is 13.0. The van der Waals surface area contributed by atoms with Gasteiger partial charge in [0.05, 0.1) is 0 Å². The van der Waals surface area contributed by atoms with E-state index in [1.807, 2.05) is 0 Å². The summed E-state index contributed by atoms with van der Waals surface area (Å²) >= 11 is 0. The predicted octanol–water partition coefficient (Wildman–Crippen LogP) is 7.03. The molecule has 0 atom stereocenters. The van der Waals surface area contributed by atoms with Crippen LogP contribution in [-0.4, -0.2) is 23.9 Å². The number of rotatable bonds is 12. The van der Waals surface area contributed by atoms with E-state index in [1.54, 1.807) is 24.3 Å². The molecule has 1 heterocycles. The molecule has 0 spiro atoms. The van der Waals surface area contributed by atoms with Crippen molar-refractivity contribution in [1.29, 1.82) is 0 Å². The Morgan fingerprint density at radius 3 is 1.30 bits per heavy atom. The second kappa shape index (κ2) is 14.3. The fourth-order valence-corrected chi connectivity index (χ4v) is 3.20. The van der Waals surface area contributed by atoms with Crippen LogP contribution in [0.4, 0.5) is 0 Å². The molecule has 0 aliphatic rings. The highest BCUT2D eigenvalue weighted by atomic mass is 16.6. The Labute approximate surface area is 254 Å². The van der Waals surface area contributed by atoms with E-state index in [-0.39, 0.29) is 45.3 Å². The summed E-state index contributed by atoms with van der Waals surface area (Å²) in [6.07, 6.45) is 2.17. The average molecular weight is 599 g/mol. The highest BCUT2D eigenvalue weighted by molar-refractivity contribution is 5.91. The molecule has 0 bridgehead atoms. The summed E-state index contributed by atoms with van der Waals surface area (Å²) in [6, 6.07) is 12.3. The van der Waals surface area contributed by atoms with E-state index in [4.69, 9.17) is 28.1 Å². The van der Waals surface area contributed by atoms with Gasteiger partial charge in [0.25, 0.3) is 0 Å². The van der Waals surface area contributed by atoms with Gasteiger partial charge in [0.1, 0.15) is 47.0 Å². The number of carbonyl (C=O) groups is 4. The number of ether oxygens (including phenoxy) is 5. The number of hydrogen-bond acceptors (Lipinski definition) is 10. The van der Waals surface area contributed by atoms with Crippen molar-refractivity contribution in [3.8, 4) is 45.6 Å². The third-order valence-corrected chi connectivity index (χ3v) is 5.40. The highest BCUT2D eigenvalue weighted by Crippen LogP contribution is 2.36. The monoisotopic (exact) mass is 598 g/mol. The van der Waals surface area contributed by atoms with Crippen molar-refractivity contribution in [2.75, 3.05) is 0 Å². The normalized spacial score (nSPS) is 10.5. The van der Waals surface area contributed by atoms with Crippen molar-refractivity contribution in [1.82, 2.24) is 0 Å². The van der Waals surface area contributed by atoms with Gasteiger partial charge in [-0.15, -0.1) is 0 Å². The molecule has 10 heteroatoms. The Balaban J connectivity index is 2.00. The lowest BCUT2D eigenvalue weighted by Gasteiger charge is -2.10. The maximum Gasteiger partial charge on any atom is 0.338 e. The lowest BCUT2D eigenvalue weighted by molar-refractivity contribution is -0.134. The summed E-state index contributed by atoms with van der Waals surface area (Å²) in [5.41, 5.74) is 1.59. The van der Waals surface area contributed by atoms with Gasteiger partial charge < -0.3 is 28.1 Å². The molecule has 0 N–H and O–H groups in total. The van der Waals surface area contributed by atoms with Gasteiger partial charge in [-0.2, -0.15) is 0 Å². The third kappa shape index (κ3) is 9.05. The Hall–Kier alpha value is -5.90. The molecular weight excluding hydrogens is 568 g/mol. The molecule has 1 aromatic heterocycles. The maximum absolute atomic E-state index is 12.2. The summed E-state index contributed by atoms with van der Waals surface area (Å²) in [5, 5.41) is 0. The molecule has 0 fully saturated rings. The second-order valence-electron chi connectivity index (χ2n) is 9.64. The van der Waals surface area contributed by atoms with Crippen LogP contribution in [0.1, 0.15) is 27.7 Å². The number of carbonyl (C=O) groups excluding carboxylic acids is 4. The molecule has 2 aromatic carbocycles. The summed E-state index contributed by atoms with van der Waals surface area (Å²) in [4.78, 5) is 48.2. The zero-order valence-electron chi connectivity index (χ0n) is 24.7. The number of esters is 4. The van der Waals surface area contributed by atoms with Crippen LogP contribution in [0.25, 0.3) is 22.6 Å². The SMILES string of the molecule is C=C(C)C(=O)OC=COc1cc(OC(=O)C(=C)C)cc(-c2ccc(-c3cc(OC(=O)C(=C)C)cc(OC(=O)C(=C)C)c3)o2)c1. The van der Waals surface area contributed by atoms with Gasteiger partial charge in [-0.1, -0.05) is 26.3 Å². The first-order chi connectivity index (χ1) is 20.7. The zero-order chi connectivity index (χ0) is 32.6. The van der Waals surface area contributed by atoms with Gasteiger partial charge in [-0.25, -0.2) is 19.2 Å². The van der Waals surface area contributed by atoms with Crippen LogP contribution in [0.5, 0.6) is 23.0 Å². The number of furan rings is 1. The minimum Gasteiger partial charge on any atom is -0.462 e. The van der Waals surface area contributed by atoms with E-state index in [9.17, 15) is 19.2 Å². The minimum atomic E-state index is -0.670. The molecule has 44 heavy (non-hydrogen) atoms. The summed E-state index contributed by atoms with van der Waals surface area (Å²) < 4.78 is 32.7. The van der Waals surface area contributed by atoms with Crippen LogP contribution in [0.3, 0.4) is 0 Å². The Bertz CT molecular complexity index is 1670. The van der Waals surface area contributed by atoms with Crippen LogP contribution in [0.2, 0.25) is 0 Å². The van der Waals surface area contributed by atoms with Crippen molar-refractivity contribution in [2.45, 2.75) is 27.7 Å². The van der Waals surface area contributed by atoms with E-state index >= 15 is 0 Å². The number of benzene rings is 2. The molecule has 3 aromatic rings. The van der Waals surface area contributed by atoms with Gasteiger partial charge in [0, 0.05) is 45.6 Å². The largest absolute Gasteiger partial charge is 0.462 e. The lowest BCUT2D eigenvalue weighted by Crippen LogP contribution is -2.10. The van der Waals surface area contributed by atoms with E-state index in [0.29, 0.717) is 22.6 Å². The van der Waals surface area contributed by atoms with Gasteiger partial charge >= 0.3 is 23.9 Å². The zero-order valence-corrected chi connectivity index (χ0v) is 24.7. The molecule has 10 nitrogen and oxygen atoms in total. The first-order valence-corrected chi connectivity index (χ1v) is 13.0. The van der Waals surface area contributed by atoms with E-state index in [0.717, 1.165) is 12.5 Å². The van der Waals surface area contributed by atoms with Gasteiger partial charge in [0.15, 0.2) is 0 Å². The van der Waals surface area contributed by atoms with Crippen molar-refractivity contribution in [2.24, 2.45) is 0 Å². The molecular formula is C34H30O10. The van der Waals surface area contributed by atoms with Gasteiger partial charge in [-0.3, -0.25) is 0 Å². The first kappa shape index (κ1) is 32.6. The molecule has 226 valence electrons. The van der Waals surface area contributed by atoms with Crippen LogP contribution in [0, 0.1) is 0 Å². The van der Waals surface area contributed by atoms with Crippen molar-refractivity contribution >= 4 is 23.9 Å². The van der Waals surface area contributed by atoms with E-state index in [1.165, 1.54) is 52.0 Å². The summed E-state index contributed by atoms with van der Waals surface area (Å²) in [6.45, 7) is 20.2. The minimum absolute atomic E-state index is 0.0847. The predicted molar refractivity (Wildman–Crippen MR) is 162 cm³/mol. The Morgan fingerprint density at radius 1 is 0.545 bits per heavy atom. The van der Waals surface area contributed by atoms with Crippen LogP contribution in [0.15, 0.2) is 114 Å². The quantitative estimate of drug-likeness (QED) is 0.0928. The number of hydrogen-bond donors (Lipinski definition) is 0. The Morgan fingerprint density at radius 2 is 0.909 bits per heavy atom. The average Bonchev–Trinajstić information content (AvgIpc) is 3.45. The standard InChI is InChI=1S/C34H30O10/c1-19(2)31(35)40-12-11-39-25-13-23(14-26(17-25)41-32(36)20(3)4)29-9-10-30(44-29)24-15-27(42-33(37)21(5)6)18-28(16-24)43-34(38)22(7)8/h9-18H,1,3,5,7H2,2,4,6,8H3. The molecule has 0 amide bonds. The molecule has 0 saturated carbocycles. The van der Waals surface area contributed by atoms with Crippen molar-refractivity contribution < 1.29 is 47.3 Å². The molecule has 0 aliphatic carbocycles. The summed E-state index contributed by atoms with van der Waals surface area (Å²) in [7, 11) is 0. The fourth-order valence-electron chi connectivity index (χ4n) is 3.20. The van der Waals surface area contributed by atoms with Gasteiger partial charge in [0.2, 0.25) is 0 Å². The van der Waals surface area contributed by atoms with Crippen molar-refractivity contribution in [3.63, 3.8) is 0 Å². The Kier molecular flexibility index (Phi) is 10.6. The maximum atomic E-state index is 12.2.